The van der Waals surface area contributed by atoms with E-state index in [9.17, 15) is 4.79 Å². The van der Waals surface area contributed by atoms with Gasteiger partial charge in [0.05, 0.1) is 17.0 Å². The molecular formula is C17H22N2O3S2. The van der Waals surface area contributed by atoms with Gasteiger partial charge in [0.15, 0.2) is 0 Å². The Bertz CT molecular complexity index is 646. The van der Waals surface area contributed by atoms with Crippen LogP contribution in [0.5, 0.6) is 0 Å². The lowest BCUT2D eigenvalue weighted by Gasteiger charge is -2.09. The maximum Gasteiger partial charge on any atom is 0.252 e. The second-order valence-corrected chi connectivity index (χ2v) is 7.41. The molecule has 2 rings (SSSR count). The van der Waals surface area contributed by atoms with Gasteiger partial charge in [0.1, 0.15) is 5.76 Å². The minimum absolute atomic E-state index is 0.0605. The molecule has 0 aliphatic heterocycles. The number of amides is 1. The fourth-order valence-electron chi connectivity index (χ4n) is 2.01. The zero-order chi connectivity index (χ0) is 17.2. The second kappa shape index (κ2) is 10.4. The third-order valence-electron chi connectivity index (χ3n) is 3.16. The van der Waals surface area contributed by atoms with Crippen molar-refractivity contribution in [2.24, 2.45) is 0 Å². The fourth-order valence-corrected chi connectivity index (χ4v) is 3.72. The lowest BCUT2D eigenvalue weighted by Crippen LogP contribution is -2.26. The summed E-state index contributed by atoms with van der Waals surface area (Å²) in [6.45, 7) is 2.72. The average Bonchev–Trinajstić information content (AvgIpc) is 3.01. The molecule has 7 heteroatoms. The van der Waals surface area contributed by atoms with Crippen molar-refractivity contribution in [2.75, 3.05) is 24.7 Å². The van der Waals surface area contributed by atoms with Crippen LogP contribution in [0.4, 0.5) is 0 Å². The molecule has 0 bridgehead atoms. The normalized spacial score (nSPS) is 10.8. The van der Waals surface area contributed by atoms with E-state index in [0.29, 0.717) is 17.9 Å². The molecule has 0 saturated heterocycles. The van der Waals surface area contributed by atoms with Gasteiger partial charge in [0.2, 0.25) is 0 Å². The number of carbonyl (C=O) groups excluding carboxylic acids is 1. The van der Waals surface area contributed by atoms with Crippen molar-refractivity contribution in [2.45, 2.75) is 24.0 Å². The Kier molecular flexibility index (Phi) is 8.21. The van der Waals surface area contributed by atoms with Gasteiger partial charge >= 0.3 is 0 Å². The first-order chi connectivity index (χ1) is 11.7. The first-order valence-corrected chi connectivity index (χ1v) is 9.95. The zero-order valence-corrected chi connectivity index (χ0v) is 15.3. The van der Waals surface area contributed by atoms with Crippen LogP contribution < -0.4 is 5.32 Å². The van der Waals surface area contributed by atoms with Gasteiger partial charge in [-0.15, -0.1) is 11.8 Å². The van der Waals surface area contributed by atoms with Crippen LogP contribution in [-0.2, 0) is 5.75 Å². The first kappa shape index (κ1) is 18.9. The second-order valence-electron chi connectivity index (χ2n) is 5.16. The monoisotopic (exact) mass is 366 g/mol. The van der Waals surface area contributed by atoms with E-state index >= 15 is 0 Å². The molecule has 2 N–H and O–H groups in total. The van der Waals surface area contributed by atoms with Gasteiger partial charge < -0.3 is 14.9 Å². The lowest BCUT2D eigenvalue weighted by molar-refractivity contribution is 0.0953. The van der Waals surface area contributed by atoms with E-state index in [0.717, 1.165) is 34.3 Å². The van der Waals surface area contributed by atoms with Gasteiger partial charge in [-0.3, -0.25) is 4.79 Å². The predicted molar refractivity (Wildman–Crippen MR) is 98.6 cm³/mol. The Morgan fingerprint density at radius 1 is 1.33 bits per heavy atom. The number of rotatable bonds is 10. The Labute approximate surface area is 150 Å². The third-order valence-corrected chi connectivity index (χ3v) is 5.32. The molecule has 1 aromatic carbocycles. The van der Waals surface area contributed by atoms with Crippen LogP contribution in [0.15, 0.2) is 39.8 Å². The van der Waals surface area contributed by atoms with E-state index in [4.69, 9.17) is 9.63 Å². The first-order valence-electron chi connectivity index (χ1n) is 7.81. The highest BCUT2D eigenvalue weighted by Gasteiger charge is 2.12. The summed E-state index contributed by atoms with van der Waals surface area (Å²) in [6, 6.07) is 9.48. The minimum atomic E-state index is -0.0605. The van der Waals surface area contributed by atoms with Crippen LogP contribution in [0.25, 0.3) is 0 Å². The van der Waals surface area contributed by atoms with Crippen molar-refractivity contribution in [1.29, 1.82) is 0 Å². The molecule has 0 atom stereocenters. The number of nitrogens with one attached hydrogen (secondary N) is 1. The van der Waals surface area contributed by atoms with Gasteiger partial charge in [-0.05, 0) is 31.2 Å². The quantitative estimate of drug-likeness (QED) is 0.497. The number of benzene rings is 1. The molecule has 0 saturated carbocycles. The summed E-state index contributed by atoms with van der Waals surface area (Å²) >= 11 is 3.29. The van der Waals surface area contributed by atoms with Crippen molar-refractivity contribution < 1.29 is 14.4 Å². The summed E-state index contributed by atoms with van der Waals surface area (Å²) in [6.07, 6.45) is 0.791. The topological polar surface area (TPSA) is 75.4 Å². The van der Waals surface area contributed by atoms with Gasteiger partial charge in [0.25, 0.3) is 5.91 Å². The molecule has 130 valence electrons. The number of carbonyl (C=O) groups is 1. The molecule has 1 aromatic heterocycles. The van der Waals surface area contributed by atoms with Crippen LogP contribution in [0.3, 0.4) is 0 Å². The number of aliphatic hydroxyl groups is 1. The largest absolute Gasteiger partial charge is 0.396 e. The van der Waals surface area contributed by atoms with E-state index < -0.39 is 0 Å². The maximum absolute atomic E-state index is 12.4. The van der Waals surface area contributed by atoms with Crippen molar-refractivity contribution in [1.82, 2.24) is 10.5 Å². The van der Waals surface area contributed by atoms with Gasteiger partial charge in [-0.1, -0.05) is 17.3 Å². The zero-order valence-electron chi connectivity index (χ0n) is 13.7. The van der Waals surface area contributed by atoms with Crippen molar-refractivity contribution in [3.63, 3.8) is 0 Å². The highest BCUT2D eigenvalue weighted by atomic mass is 32.2. The van der Waals surface area contributed by atoms with E-state index in [-0.39, 0.29) is 12.5 Å². The number of aliphatic hydroxyl groups excluding tert-OH is 1. The Morgan fingerprint density at radius 3 is 2.92 bits per heavy atom. The molecular weight excluding hydrogens is 344 g/mol. The number of aryl methyl sites for hydroxylation is 1. The lowest BCUT2D eigenvalue weighted by atomic mass is 10.2. The summed E-state index contributed by atoms with van der Waals surface area (Å²) < 4.78 is 5.21. The smallest absolute Gasteiger partial charge is 0.252 e. The van der Waals surface area contributed by atoms with Crippen LogP contribution in [0, 0.1) is 6.92 Å². The van der Waals surface area contributed by atoms with E-state index in [1.54, 1.807) is 23.5 Å². The Hall–Kier alpha value is -1.44. The van der Waals surface area contributed by atoms with E-state index in [1.807, 2.05) is 37.3 Å². The summed E-state index contributed by atoms with van der Waals surface area (Å²) in [4.78, 5) is 13.3. The summed E-state index contributed by atoms with van der Waals surface area (Å²) in [5.41, 5.74) is 1.54. The Morgan fingerprint density at radius 2 is 2.17 bits per heavy atom. The van der Waals surface area contributed by atoms with Crippen molar-refractivity contribution in [3.8, 4) is 0 Å². The summed E-state index contributed by atoms with van der Waals surface area (Å²) in [7, 11) is 0. The molecule has 0 unspecified atom stereocenters. The summed E-state index contributed by atoms with van der Waals surface area (Å²) in [5.74, 6) is 3.14. The van der Waals surface area contributed by atoms with Crippen LogP contribution in [-0.4, -0.2) is 40.8 Å². The van der Waals surface area contributed by atoms with Crippen molar-refractivity contribution >= 4 is 29.4 Å². The number of aromatic nitrogens is 1. The van der Waals surface area contributed by atoms with Crippen LogP contribution >= 0.6 is 23.5 Å². The molecule has 0 spiro atoms. The molecule has 1 amide bonds. The third kappa shape index (κ3) is 6.22. The van der Waals surface area contributed by atoms with Gasteiger partial charge in [0, 0.05) is 29.9 Å². The number of thioether (sulfide) groups is 2. The average molecular weight is 367 g/mol. The standard InChI is InChI=1S/C17H22N2O3S2/c1-13-11-14(22-19-13)12-24-16-6-3-2-5-15(16)17(21)18-7-10-23-9-4-8-20/h2-3,5-6,11,20H,4,7-10,12H2,1H3,(H,18,21). The predicted octanol–water partition coefficient (Wildman–Crippen LogP) is 3.12. The van der Waals surface area contributed by atoms with Crippen LogP contribution in [0.2, 0.25) is 0 Å². The molecule has 0 aliphatic rings. The number of hydrogen-bond donors (Lipinski definition) is 2. The van der Waals surface area contributed by atoms with Crippen LogP contribution in [0.1, 0.15) is 28.2 Å². The molecule has 0 fully saturated rings. The molecule has 2 aromatic rings. The van der Waals surface area contributed by atoms with E-state index in [2.05, 4.69) is 10.5 Å². The molecule has 0 radical (unpaired) electrons. The van der Waals surface area contributed by atoms with Crippen molar-refractivity contribution in [3.05, 3.63) is 47.3 Å². The fraction of sp³-hybridized carbons (Fsp3) is 0.412. The van der Waals surface area contributed by atoms with Gasteiger partial charge in [-0.25, -0.2) is 0 Å². The molecule has 1 heterocycles. The van der Waals surface area contributed by atoms with E-state index in [1.165, 1.54) is 0 Å². The maximum atomic E-state index is 12.4. The number of hydrogen-bond acceptors (Lipinski definition) is 6. The molecule has 24 heavy (non-hydrogen) atoms. The number of nitrogens with zero attached hydrogens (tertiary/aromatic N) is 1. The van der Waals surface area contributed by atoms with Gasteiger partial charge in [-0.2, -0.15) is 11.8 Å². The highest BCUT2D eigenvalue weighted by molar-refractivity contribution is 7.99. The highest BCUT2D eigenvalue weighted by Crippen LogP contribution is 2.26. The molecule has 0 aliphatic carbocycles. The molecule has 5 nitrogen and oxygen atoms in total. The minimum Gasteiger partial charge on any atom is -0.396 e. The Balaban J connectivity index is 1.84. The SMILES string of the molecule is Cc1cc(CSc2ccccc2C(=O)NCCSCCCO)on1. The summed E-state index contributed by atoms with van der Waals surface area (Å²) in [5, 5.41) is 15.5.